The van der Waals surface area contributed by atoms with E-state index in [1.807, 2.05) is 0 Å². The summed E-state index contributed by atoms with van der Waals surface area (Å²) in [6.07, 6.45) is -8.50. The summed E-state index contributed by atoms with van der Waals surface area (Å²) in [5.41, 5.74) is -2.02. The van der Waals surface area contributed by atoms with E-state index in [0.717, 1.165) is 24.3 Å². The van der Waals surface area contributed by atoms with Gasteiger partial charge in [0.05, 0.1) is 16.1 Å². The van der Waals surface area contributed by atoms with Crippen LogP contribution in [0, 0.1) is 0 Å². The number of halogens is 7. The monoisotopic (exact) mass is 423 g/mol. The first-order valence-corrected chi connectivity index (χ1v) is 7.77. The van der Waals surface area contributed by atoms with Crippen LogP contribution in [0.25, 0.3) is 11.6 Å². The van der Waals surface area contributed by atoms with E-state index >= 15 is 0 Å². The molecule has 0 unspecified atom stereocenters. The van der Waals surface area contributed by atoms with Crippen molar-refractivity contribution >= 4 is 11.6 Å². The molecular weight excluding hydrogens is 416 g/mol. The van der Waals surface area contributed by atoms with Crippen LogP contribution >= 0.6 is 11.6 Å². The number of ether oxygens (including phenoxy) is 1. The van der Waals surface area contributed by atoms with Crippen LogP contribution in [0.4, 0.5) is 26.3 Å². The lowest BCUT2D eigenvalue weighted by Gasteiger charge is -2.08. The Morgan fingerprint density at radius 1 is 0.929 bits per heavy atom. The zero-order valence-electron chi connectivity index (χ0n) is 13.5. The standard InChI is InChI=1S/C16H8ClF6N3O2/c17-11-5-9(16(21,22)23)6-24-13(11)14-26-25-12(28-14)7-27-10-3-1-8(2-4-10)15(18,19)20/h1-6H,7H2. The fourth-order valence-corrected chi connectivity index (χ4v) is 2.29. The van der Waals surface area contributed by atoms with Crippen LogP contribution < -0.4 is 4.74 Å². The molecule has 0 aliphatic rings. The van der Waals surface area contributed by atoms with E-state index in [0.29, 0.717) is 12.3 Å². The van der Waals surface area contributed by atoms with E-state index in [1.165, 1.54) is 0 Å². The summed E-state index contributed by atoms with van der Waals surface area (Å²) in [4.78, 5) is 3.58. The third-order valence-electron chi connectivity index (χ3n) is 3.38. The Hall–Kier alpha value is -2.82. The van der Waals surface area contributed by atoms with Crippen molar-refractivity contribution in [3.63, 3.8) is 0 Å². The average Bonchev–Trinajstić information content (AvgIpc) is 3.07. The van der Waals surface area contributed by atoms with Gasteiger partial charge in [0.2, 0.25) is 0 Å². The molecule has 0 atom stereocenters. The Labute approximate surface area is 157 Å². The van der Waals surface area contributed by atoms with Gasteiger partial charge in [0.25, 0.3) is 11.8 Å². The molecule has 0 N–H and O–H groups in total. The Balaban J connectivity index is 1.69. The Kier molecular flexibility index (Phi) is 5.20. The zero-order valence-corrected chi connectivity index (χ0v) is 14.2. The molecule has 1 aromatic carbocycles. The summed E-state index contributed by atoms with van der Waals surface area (Å²) >= 11 is 5.79. The first kappa shape index (κ1) is 19.9. The largest absolute Gasteiger partial charge is 0.484 e. The molecule has 0 bridgehead atoms. The second-order valence-electron chi connectivity index (χ2n) is 5.36. The summed E-state index contributed by atoms with van der Waals surface area (Å²) in [6, 6.07) is 4.61. The number of hydrogen-bond donors (Lipinski definition) is 0. The maximum absolute atomic E-state index is 12.6. The van der Waals surface area contributed by atoms with Crippen molar-refractivity contribution in [2.24, 2.45) is 0 Å². The van der Waals surface area contributed by atoms with Crippen LogP contribution in [0.2, 0.25) is 5.02 Å². The number of pyridine rings is 1. The van der Waals surface area contributed by atoms with Gasteiger partial charge < -0.3 is 9.15 Å². The molecule has 0 aliphatic carbocycles. The van der Waals surface area contributed by atoms with Gasteiger partial charge in [-0.15, -0.1) is 10.2 Å². The molecule has 148 valence electrons. The molecule has 3 aromatic rings. The molecular formula is C16H8ClF6N3O2. The molecule has 5 nitrogen and oxygen atoms in total. The van der Waals surface area contributed by atoms with E-state index < -0.39 is 23.5 Å². The molecule has 12 heteroatoms. The van der Waals surface area contributed by atoms with Crippen molar-refractivity contribution in [1.82, 2.24) is 15.2 Å². The van der Waals surface area contributed by atoms with Gasteiger partial charge in [0, 0.05) is 6.20 Å². The van der Waals surface area contributed by atoms with Gasteiger partial charge in [0.15, 0.2) is 6.61 Å². The van der Waals surface area contributed by atoms with Crippen molar-refractivity contribution in [3.8, 4) is 17.3 Å². The van der Waals surface area contributed by atoms with E-state index in [-0.39, 0.29) is 34.9 Å². The van der Waals surface area contributed by atoms with E-state index in [4.69, 9.17) is 20.8 Å². The number of aromatic nitrogens is 3. The summed E-state index contributed by atoms with van der Waals surface area (Å²) in [6.45, 7) is -0.281. The highest BCUT2D eigenvalue weighted by Gasteiger charge is 2.32. The molecule has 0 aliphatic heterocycles. The first-order chi connectivity index (χ1) is 13.0. The molecule has 0 fully saturated rings. The third kappa shape index (κ3) is 4.53. The maximum Gasteiger partial charge on any atom is 0.417 e. The molecule has 3 rings (SSSR count). The molecule has 0 radical (unpaired) electrons. The quantitative estimate of drug-likeness (QED) is 0.526. The Morgan fingerprint density at radius 3 is 2.14 bits per heavy atom. The van der Waals surface area contributed by atoms with Crippen molar-refractivity contribution in [2.75, 3.05) is 0 Å². The van der Waals surface area contributed by atoms with Gasteiger partial charge in [-0.1, -0.05) is 11.6 Å². The zero-order chi connectivity index (χ0) is 20.5. The highest BCUT2D eigenvalue weighted by molar-refractivity contribution is 6.32. The fraction of sp³-hybridized carbons (Fsp3) is 0.188. The number of alkyl halides is 6. The third-order valence-corrected chi connectivity index (χ3v) is 3.67. The van der Waals surface area contributed by atoms with Crippen molar-refractivity contribution < 1.29 is 35.5 Å². The van der Waals surface area contributed by atoms with Crippen molar-refractivity contribution in [3.05, 3.63) is 58.6 Å². The number of nitrogens with zero attached hydrogens (tertiary/aromatic N) is 3. The molecule has 0 saturated carbocycles. The van der Waals surface area contributed by atoms with Crippen LogP contribution in [0.1, 0.15) is 17.0 Å². The average molecular weight is 424 g/mol. The van der Waals surface area contributed by atoms with Crippen LogP contribution in [0.15, 0.2) is 40.9 Å². The van der Waals surface area contributed by atoms with Crippen LogP contribution in [-0.4, -0.2) is 15.2 Å². The number of benzene rings is 1. The summed E-state index contributed by atoms with van der Waals surface area (Å²) in [5, 5.41) is 6.92. The van der Waals surface area contributed by atoms with Crippen molar-refractivity contribution in [1.29, 1.82) is 0 Å². The lowest BCUT2D eigenvalue weighted by molar-refractivity contribution is -0.138. The van der Waals surface area contributed by atoms with Crippen molar-refractivity contribution in [2.45, 2.75) is 19.0 Å². The fourth-order valence-electron chi connectivity index (χ4n) is 2.04. The Morgan fingerprint density at radius 2 is 1.57 bits per heavy atom. The first-order valence-electron chi connectivity index (χ1n) is 7.39. The van der Waals surface area contributed by atoms with Gasteiger partial charge >= 0.3 is 12.4 Å². The van der Waals surface area contributed by atoms with Gasteiger partial charge in [-0.05, 0) is 30.3 Å². The lowest BCUT2D eigenvalue weighted by Crippen LogP contribution is -2.05. The minimum absolute atomic E-state index is 0.0762. The minimum Gasteiger partial charge on any atom is -0.484 e. The molecule has 0 saturated heterocycles. The second-order valence-corrected chi connectivity index (χ2v) is 5.77. The topological polar surface area (TPSA) is 61.0 Å². The Bertz CT molecular complexity index is 970. The summed E-state index contributed by atoms with van der Waals surface area (Å²) in [7, 11) is 0. The minimum atomic E-state index is -4.61. The van der Waals surface area contributed by atoms with Gasteiger partial charge in [0.1, 0.15) is 11.4 Å². The highest BCUT2D eigenvalue weighted by Crippen LogP contribution is 2.34. The predicted octanol–water partition coefficient (Wildman–Crippen LogP) is 5.40. The lowest BCUT2D eigenvalue weighted by atomic mass is 10.2. The van der Waals surface area contributed by atoms with Crippen LogP contribution in [0.5, 0.6) is 5.75 Å². The van der Waals surface area contributed by atoms with E-state index in [9.17, 15) is 26.3 Å². The van der Waals surface area contributed by atoms with Gasteiger partial charge in [-0.25, -0.2) is 4.98 Å². The van der Waals surface area contributed by atoms with Gasteiger partial charge in [-0.2, -0.15) is 26.3 Å². The molecule has 2 aromatic heterocycles. The molecule has 2 heterocycles. The molecule has 0 spiro atoms. The van der Waals surface area contributed by atoms with E-state index in [1.54, 1.807) is 0 Å². The normalized spacial score (nSPS) is 12.2. The van der Waals surface area contributed by atoms with Crippen LogP contribution in [0.3, 0.4) is 0 Å². The number of hydrogen-bond acceptors (Lipinski definition) is 5. The molecule has 28 heavy (non-hydrogen) atoms. The van der Waals surface area contributed by atoms with Crippen LogP contribution in [-0.2, 0) is 19.0 Å². The maximum atomic E-state index is 12.6. The predicted molar refractivity (Wildman–Crippen MR) is 83.3 cm³/mol. The summed E-state index contributed by atoms with van der Waals surface area (Å²) < 4.78 is 85.9. The van der Waals surface area contributed by atoms with E-state index in [2.05, 4.69) is 15.2 Å². The van der Waals surface area contributed by atoms with Gasteiger partial charge in [-0.3, -0.25) is 0 Å². The summed E-state index contributed by atoms with van der Waals surface area (Å²) in [5.74, 6) is -0.184. The second kappa shape index (κ2) is 7.30. The number of rotatable bonds is 4. The molecule has 0 amide bonds. The SMILES string of the molecule is FC(F)(F)c1ccc(OCc2nnc(-c3ncc(C(F)(F)F)cc3Cl)o2)cc1. The highest BCUT2D eigenvalue weighted by atomic mass is 35.5. The smallest absolute Gasteiger partial charge is 0.417 e.